The fourth-order valence-electron chi connectivity index (χ4n) is 4.66. The molecule has 0 bridgehead atoms. The molecule has 2 amide bonds. The second kappa shape index (κ2) is 8.04. The number of hydrogen-bond donors (Lipinski definition) is 0. The van der Waals surface area contributed by atoms with E-state index in [9.17, 15) is 9.59 Å². The molecular weight excluding hydrogens is 384 g/mol. The standard InChI is InChI=1S/C22H32N4O4/c1-21(2,3)29-19(27)25-11-7-8-16(14-25)17-12-23-13-18(24-17)26-15-22(30-20(26)28)9-5-4-6-10-22/h12-13,16H,4-11,14-15H2,1-3H3/t16-/m0/s1. The van der Waals surface area contributed by atoms with Gasteiger partial charge in [-0.15, -0.1) is 0 Å². The third-order valence-electron chi connectivity index (χ3n) is 6.14. The van der Waals surface area contributed by atoms with E-state index in [2.05, 4.69) is 4.98 Å². The molecule has 1 atom stereocenters. The quantitative estimate of drug-likeness (QED) is 0.716. The summed E-state index contributed by atoms with van der Waals surface area (Å²) in [4.78, 5) is 37.5. The third-order valence-corrected chi connectivity index (χ3v) is 6.14. The third kappa shape index (κ3) is 4.52. The van der Waals surface area contributed by atoms with Gasteiger partial charge in [-0.1, -0.05) is 6.42 Å². The Morgan fingerprint density at radius 1 is 1.20 bits per heavy atom. The Labute approximate surface area is 177 Å². The molecule has 8 nitrogen and oxygen atoms in total. The summed E-state index contributed by atoms with van der Waals surface area (Å²) in [5.74, 6) is 0.607. The zero-order chi connectivity index (χ0) is 21.4. The highest BCUT2D eigenvalue weighted by Crippen LogP contribution is 2.38. The van der Waals surface area contributed by atoms with Crippen molar-refractivity contribution < 1.29 is 19.1 Å². The van der Waals surface area contributed by atoms with Gasteiger partial charge in [-0.2, -0.15) is 0 Å². The molecular formula is C22H32N4O4. The Kier molecular flexibility index (Phi) is 5.59. The van der Waals surface area contributed by atoms with Gasteiger partial charge >= 0.3 is 12.2 Å². The van der Waals surface area contributed by atoms with Crippen LogP contribution in [-0.2, 0) is 9.47 Å². The number of anilines is 1. The molecule has 3 heterocycles. The number of amides is 2. The Morgan fingerprint density at radius 3 is 2.70 bits per heavy atom. The van der Waals surface area contributed by atoms with Crippen LogP contribution in [0.5, 0.6) is 0 Å². The number of carbonyl (C=O) groups excluding carboxylic acids is 2. The normalized spacial score (nSPS) is 24.1. The van der Waals surface area contributed by atoms with Crippen LogP contribution in [0.2, 0.25) is 0 Å². The molecule has 1 saturated carbocycles. The van der Waals surface area contributed by atoms with Crippen molar-refractivity contribution in [2.24, 2.45) is 0 Å². The second-order valence-electron chi connectivity index (χ2n) is 9.77. The molecule has 2 aliphatic heterocycles. The lowest BCUT2D eigenvalue weighted by atomic mass is 9.85. The second-order valence-corrected chi connectivity index (χ2v) is 9.77. The SMILES string of the molecule is CC(C)(C)OC(=O)N1CCC[C@H](c2cncc(N3CC4(CCCCC4)OC3=O)n2)C1. The van der Waals surface area contributed by atoms with Gasteiger partial charge in [0.15, 0.2) is 5.82 Å². The van der Waals surface area contributed by atoms with E-state index in [1.807, 2.05) is 20.8 Å². The molecule has 1 aromatic heterocycles. The van der Waals surface area contributed by atoms with Crippen molar-refractivity contribution in [3.05, 3.63) is 18.1 Å². The van der Waals surface area contributed by atoms with E-state index in [1.54, 1.807) is 22.2 Å². The molecule has 3 fully saturated rings. The van der Waals surface area contributed by atoms with Gasteiger partial charge in [0.1, 0.15) is 11.2 Å². The maximum Gasteiger partial charge on any atom is 0.416 e. The summed E-state index contributed by atoms with van der Waals surface area (Å²) >= 11 is 0. The maximum absolute atomic E-state index is 12.6. The highest BCUT2D eigenvalue weighted by molar-refractivity contribution is 5.89. The van der Waals surface area contributed by atoms with Crippen LogP contribution in [-0.4, -0.2) is 57.9 Å². The first-order valence-corrected chi connectivity index (χ1v) is 11.1. The Bertz CT molecular complexity index is 801. The van der Waals surface area contributed by atoms with Gasteiger partial charge in [0, 0.05) is 25.2 Å². The molecule has 2 saturated heterocycles. The first-order valence-electron chi connectivity index (χ1n) is 11.1. The van der Waals surface area contributed by atoms with Crippen molar-refractivity contribution in [1.29, 1.82) is 0 Å². The molecule has 1 spiro atoms. The monoisotopic (exact) mass is 416 g/mol. The molecule has 0 unspecified atom stereocenters. The molecule has 3 aliphatic rings. The lowest BCUT2D eigenvalue weighted by molar-refractivity contribution is 0.0196. The minimum absolute atomic E-state index is 0.0704. The van der Waals surface area contributed by atoms with E-state index in [0.717, 1.165) is 44.2 Å². The van der Waals surface area contributed by atoms with E-state index in [1.165, 1.54) is 6.42 Å². The van der Waals surface area contributed by atoms with E-state index < -0.39 is 5.60 Å². The predicted molar refractivity (Wildman–Crippen MR) is 111 cm³/mol. The van der Waals surface area contributed by atoms with Crippen LogP contribution >= 0.6 is 0 Å². The number of hydrogen-bond acceptors (Lipinski definition) is 6. The minimum Gasteiger partial charge on any atom is -0.444 e. The smallest absolute Gasteiger partial charge is 0.416 e. The highest BCUT2D eigenvalue weighted by atomic mass is 16.6. The number of aromatic nitrogens is 2. The molecule has 30 heavy (non-hydrogen) atoms. The fourth-order valence-corrected chi connectivity index (χ4v) is 4.66. The van der Waals surface area contributed by atoms with Crippen LogP contribution in [0.3, 0.4) is 0 Å². The zero-order valence-corrected chi connectivity index (χ0v) is 18.2. The summed E-state index contributed by atoms with van der Waals surface area (Å²) in [5, 5.41) is 0. The van der Waals surface area contributed by atoms with Crippen LogP contribution < -0.4 is 4.90 Å². The number of ether oxygens (including phenoxy) is 2. The fraction of sp³-hybridized carbons (Fsp3) is 0.727. The summed E-state index contributed by atoms with van der Waals surface area (Å²) in [5.41, 5.74) is -0.0847. The van der Waals surface area contributed by atoms with Crippen LogP contribution in [0.25, 0.3) is 0 Å². The Balaban J connectivity index is 1.47. The number of nitrogens with zero attached hydrogens (tertiary/aromatic N) is 4. The van der Waals surface area contributed by atoms with Crippen LogP contribution in [0.4, 0.5) is 15.4 Å². The van der Waals surface area contributed by atoms with Gasteiger partial charge in [-0.3, -0.25) is 9.88 Å². The molecule has 0 radical (unpaired) electrons. The van der Waals surface area contributed by atoms with Gasteiger partial charge in [0.25, 0.3) is 0 Å². The highest BCUT2D eigenvalue weighted by Gasteiger charge is 2.46. The van der Waals surface area contributed by atoms with Gasteiger partial charge in [-0.05, 0) is 59.3 Å². The lowest BCUT2D eigenvalue weighted by Crippen LogP contribution is -2.42. The topological polar surface area (TPSA) is 84.9 Å². The maximum atomic E-state index is 12.6. The Morgan fingerprint density at radius 2 is 1.97 bits per heavy atom. The van der Waals surface area contributed by atoms with E-state index in [4.69, 9.17) is 14.5 Å². The number of carbonyl (C=O) groups is 2. The molecule has 1 aliphatic carbocycles. The summed E-state index contributed by atoms with van der Waals surface area (Å²) in [6.07, 6.45) is 9.75. The molecule has 1 aromatic rings. The van der Waals surface area contributed by atoms with Crippen LogP contribution in [0.1, 0.15) is 77.3 Å². The van der Waals surface area contributed by atoms with E-state index >= 15 is 0 Å². The van der Waals surface area contributed by atoms with Crippen molar-refractivity contribution in [3.8, 4) is 0 Å². The number of likely N-dealkylation sites (tertiary alicyclic amines) is 1. The molecule has 8 heteroatoms. The summed E-state index contributed by atoms with van der Waals surface area (Å²) < 4.78 is 11.3. The molecule has 164 valence electrons. The van der Waals surface area contributed by atoms with Crippen molar-refractivity contribution in [1.82, 2.24) is 14.9 Å². The first-order chi connectivity index (χ1) is 14.2. The summed E-state index contributed by atoms with van der Waals surface area (Å²) in [6.45, 7) is 7.38. The van der Waals surface area contributed by atoms with Crippen molar-refractivity contribution >= 4 is 18.0 Å². The Hall–Kier alpha value is -2.38. The van der Waals surface area contributed by atoms with Gasteiger partial charge in [-0.25, -0.2) is 14.6 Å². The largest absolute Gasteiger partial charge is 0.444 e. The van der Waals surface area contributed by atoms with Crippen molar-refractivity contribution in [3.63, 3.8) is 0 Å². The van der Waals surface area contributed by atoms with E-state index in [0.29, 0.717) is 25.5 Å². The van der Waals surface area contributed by atoms with Crippen LogP contribution in [0, 0.1) is 0 Å². The van der Waals surface area contributed by atoms with Gasteiger partial charge in [0.05, 0.1) is 18.4 Å². The van der Waals surface area contributed by atoms with Crippen LogP contribution in [0.15, 0.2) is 12.4 Å². The number of rotatable bonds is 2. The summed E-state index contributed by atoms with van der Waals surface area (Å²) in [6, 6.07) is 0. The van der Waals surface area contributed by atoms with Crippen molar-refractivity contribution in [2.75, 3.05) is 24.5 Å². The molecule has 0 N–H and O–H groups in total. The molecule has 4 rings (SSSR count). The van der Waals surface area contributed by atoms with E-state index in [-0.39, 0.29) is 23.7 Å². The average Bonchev–Trinajstić information content (AvgIpc) is 3.03. The first kappa shape index (κ1) is 20.9. The average molecular weight is 417 g/mol. The zero-order valence-electron chi connectivity index (χ0n) is 18.2. The summed E-state index contributed by atoms with van der Waals surface area (Å²) in [7, 11) is 0. The van der Waals surface area contributed by atoms with Gasteiger partial charge < -0.3 is 14.4 Å². The van der Waals surface area contributed by atoms with Gasteiger partial charge in [0.2, 0.25) is 0 Å². The minimum atomic E-state index is -0.519. The molecule has 0 aromatic carbocycles. The lowest BCUT2D eigenvalue weighted by Gasteiger charge is -2.34. The number of piperidine rings is 1. The van der Waals surface area contributed by atoms with Crippen molar-refractivity contribution in [2.45, 2.75) is 82.8 Å². The predicted octanol–water partition coefficient (Wildman–Crippen LogP) is 4.25.